The first-order chi connectivity index (χ1) is 14.8. The molecule has 2 N–H and O–H groups in total. The van der Waals surface area contributed by atoms with Crippen LogP contribution in [0.5, 0.6) is 11.5 Å². The molecule has 0 aliphatic carbocycles. The maximum atomic E-state index is 14.3. The molecule has 174 valence electrons. The summed E-state index contributed by atoms with van der Waals surface area (Å²) in [4.78, 5) is 10.6. The van der Waals surface area contributed by atoms with Crippen molar-refractivity contribution in [1.29, 1.82) is 0 Å². The molecule has 0 aliphatic heterocycles. The van der Waals surface area contributed by atoms with Gasteiger partial charge in [-0.2, -0.15) is 0 Å². The number of aliphatic hydroxyl groups is 1. The highest BCUT2D eigenvalue weighted by molar-refractivity contribution is 9.10. The van der Waals surface area contributed by atoms with E-state index in [4.69, 9.17) is 9.47 Å². The predicted molar refractivity (Wildman–Crippen MR) is 130 cm³/mol. The topological polar surface area (TPSA) is 79.7 Å². The first-order valence-corrected chi connectivity index (χ1v) is 10.6. The van der Waals surface area contributed by atoms with Crippen LogP contribution >= 0.6 is 28.3 Å². The number of methoxy groups -OCH3 is 1. The van der Waals surface area contributed by atoms with E-state index in [-0.39, 0.29) is 19.0 Å². The Morgan fingerprint density at radius 1 is 1.19 bits per heavy atom. The van der Waals surface area contributed by atoms with Gasteiger partial charge in [0.2, 0.25) is 0 Å². The molecule has 1 heterocycles. The molecule has 2 aromatic carbocycles. The van der Waals surface area contributed by atoms with Crippen molar-refractivity contribution in [1.82, 2.24) is 14.9 Å². The molecular formula is C22H27BrClFN4O3. The Balaban J connectivity index is 0.00000363. The van der Waals surface area contributed by atoms with E-state index in [9.17, 15) is 9.50 Å². The molecule has 0 saturated heterocycles. The molecule has 0 radical (unpaired) electrons. The van der Waals surface area contributed by atoms with Crippen molar-refractivity contribution in [2.75, 3.05) is 32.6 Å². The molecule has 1 atom stereocenters. The van der Waals surface area contributed by atoms with Crippen LogP contribution in [0.15, 0.2) is 41.1 Å². The number of nitrogens with one attached hydrogen (secondary N) is 1. The smallest absolute Gasteiger partial charge is 0.163 e. The molecule has 3 aromatic rings. The maximum absolute atomic E-state index is 14.3. The maximum Gasteiger partial charge on any atom is 0.163 e. The molecule has 1 unspecified atom stereocenters. The lowest BCUT2D eigenvalue weighted by Gasteiger charge is -2.24. The highest BCUT2D eigenvalue weighted by Crippen LogP contribution is 2.35. The van der Waals surface area contributed by atoms with Crippen LogP contribution in [0, 0.1) is 5.82 Å². The molecule has 0 aliphatic rings. The number of halogens is 3. The highest BCUT2D eigenvalue weighted by atomic mass is 79.9. The summed E-state index contributed by atoms with van der Waals surface area (Å²) in [6, 6.07) is 8.51. The lowest BCUT2D eigenvalue weighted by Crippen LogP contribution is -2.36. The average molecular weight is 530 g/mol. The second-order valence-electron chi connectivity index (χ2n) is 7.49. The number of hydrogen-bond acceptors (Lipinski definition) is 7. The summed E-state index contributed by atoms with van der Waals surface area (Å²) in [6.07, 6.45) is 0.736. The number of benzene rings is 2. The molecule has 0 saturated carbocycles. The fourth-order valence-electron chi connectivity index (χ4n) is 2.94. The Morgan fingerprint density at radius 3 is 2.59 bits per heavy atom. The van der Waals surface area contributed by atoms with Crippen molar-refractivity contribution in [2.24, 2.45) is 0 Å². The minimum atomic E-state index is -0.657. The van der Waals surface area contributed by atoms with Crippen molar-refractivity contribution in [3.8, 4) is 11.5 Å². The van der Waals surface area contributed by atoms with Crippen molar-refractivity contribution in [3.05, 3.63) is 46.9 Å². The molecule has 0 bridgehead atoms. The second kappa shape index (κ2) is 11.6. The number of aliphatic hydroxyl groups excluding tert-OH is 1. The van der Waals surface area contributed by atoms with Gasteiger partial charge in [0.05, 0.1) is 18.3 Å². The Morgan fingerprint density at radius 2 is 1.94 bits per heavy atom. The monoisotopic (exact) mass is 528 g/mol. The van der Waals surface area contributed by atoms with Crippen LogP contribution in [-0.2, 0) is 0 Å². The number of nitrogens with zero attached hydrogens (tertiary/aromatic N) is 3. The third-order valence-electron chi connectivity index (χ3n) is 4.92. The molecule has 7 nitrogen and oxygen atoms in total. The normalized spacial score (nSPS) is 12.0. The van der Waals surface area contributed by atoms with Gasteiger partial charge in [0.25, 0.3) is 0 Å². The minimum absolute atomic E-state index is 0. The zero-order valence-electron chi connectivity index (χ0n) is 18.3. The van der Waals surface area contributed by atoms with Gasteiger partial charge in [0.1, 0.15) is 30.7 Å². The van der Waals surface area contributed by atoms with Crippen LogP contribution in [0.3, 0.4) is 0 Å². The molecule has 32 heavy (non-hydrogen) atoms. The summed E-state index contributed by atoms with van der Waals surface area (Å²) < 4.78 is 26.2. The third kappa shape index (κ3) is 6.41. The third-order valence-corrected chi connectivity index (χ3v) is 5.41. The SMILES string of the molecule is COc1cc2c(Nc3ccc(Br)cc3F)ncnc2cc1OCC(O)CN(C)C(C)C.Cl. The van der Waals surface area contributed by atoms with Gasteiger partial charge >= 0.3 is 0 Å². The molecule has 1 aromatic heterocycles. The molecule has 3 rings (SSSR count). The zero-order valence-corrected chi connectivity index (χ0v) is 20.7. The van der Waals surface area contributed by atoms with E-state index in [2.05, 4.69) is 45.1 Å². The quantitative estimate of drug-likeness (QED) is 0.413. The van der Waals surface area contributed by atoms with Crippen LogP contribution in [0.4, 0.5) is 15.9 Å². The number of fused-ring (bicyclic) bond motifs is 1. The van der Waals surface area contributed by atoms with Gasteiger partial charge in [-0.1, -0.05) is 15.9 Å². The van der Waals surface area contributed by atoms with E-state index in [0.29, 0.717) is 51.0 Å². The van der Waals surface area contributed by atoms with Gasteiger partial charge in [-0.25, -0.2) is 14.4 Å². The van der Waals surface area contributed by atoms with Crippen molar-refractivity contribution < 1.29 is 19.0 Å². The Labute approximate surface area is 201 Å². The minimum Gasteiger partial charge on any atom is -0.493 e. The van der Waals surface area contributed by atoms with Crippen molar-refractivity contribution >= 4 is 50.7 Å². The van der Waals surface area contributed by atoms with Gasteiger partial charge in [0.15, 0.2) is 11.5 Å². The van der Waals surface area contributed by atoms with Gasteiger partial charge in [0, 0.05) is 28.5 Å². The van der Waals surface area contributed by atoms with Gasteiger partial charge in [-0.15, -0.1) is 12.4 Å². The Kier molecular flexibility index (Phi) is 9.45. The number of aromatic nitrogens is 2. The van der Waals surface area contributed by atoms with Crippen molar-refractivity contribution in [2.45, 2.75) is 26.0 Å². The molecule has 0 amide bonds. The number of rotatable bonds is 9. The molecule has 10 heteroatoms. The summed E-state index contributed by atoms with van der Waals surface area (Å²) in [5.41, 5.74) is 0.888. The van der Waals surface area contributed by atoms with Crippen molar-refractivity contribution in [3.63, 3.8) is 0 Å². The summed E-state index contributed by atoms with van der Waals surface area (Å²) in [5, 5.41) is 13.9. The predicted octanol–water partition coefficient (Wildman–Crippen LogP) is 4.79. The number of hydrogen-bond donors (Lipinski definition) is 2. The first kappa shape index (κ1) is 26.1. The first-order valence-electron chi connectivity index (χ1n) is 9.84. The van der Waals surface area contributed by atoms with E-state index in [0.717, 1.165) is 0 Å². The van der Waals surface area contributed by atoms with E-state index < -0.39 is 11.9 Å². The standard InChI is InChI=1S/C22H26BrFN4O3.ClH/c1-13(2)28(3)10-15(29)11-31-21-9-19-16(8-20(21)30-4)22(26-12-25-19)27-18-6-5-14(23)7-17(18)24;/h5-9,12-13,15,29H,10-11H2,1-4H3,(H,25,26,27);1H. The average Bonchev–Trinajstić information content (AvgIpc) is 2.73. The second-order valence-corrected chi connectivity index (χ2v) is 8.41. The molecule has 0 spiro atoms. The fraction of sp³-hybridized carbons (Fsp3) is 0.364. The van der Waals surface area contributed by atoms with E-state index in [1.165, 1.54) is 19.5 Å². The fourth-order valence-corrected chi connectivity index (χ4v) is 3.27. The number of anilines is 2. The summed E-state index contributed by atoms with van der Waals surface area (Å²) in [5.74, 6) is 0.954. The summed E-state index contributed by atoms with van der Waals surface area (Å²) in [7, 11) is 3.48. The van der Waals surface area contributed by atoms with Crippen LogP contribution in [0.2, 0.25) is 0 Å². The molecular weight excluding hydrogens is 503 g/mol. The van der Waals surface area contributed by atoms with E-state index >= 15 is 0 Å². The zero-order chi connectivity index (χ0) is 22.5. The summed E-state index contributed by atoms with van der Waals surface area (Å²) >= 11 is 3.25. The lowest BCUT2D eigenvalue weighted by atomic mass is 10.2. The van der Waals surface area contributed by atoms with Crippen LogP contribution < -0.4 is 14.8 Å². The van der Waals surface area contributed by atoms with Crippen LogP contribution in [0.25, 0.3) is 10.9 Å². The lowest BCUT2D eigenvalue weighted by molar-refractivity contribution is 0.0669. The number of likely N-dealkylation sites (N-methyl/N-ethyl adjacent to an activating group) is 1. The van der Waals surface area contributed by atoms with Crippen LogP contribution in [0.1, 0.15) is 13.8 Å². The van der Waals surface area contributed by atoms with Gasteiger partial charge in [-0.05, 0) is 45.2 Å². The molecule has 0 fully saturated rings. The van der Waals surface area contributed by atoms with Gasteiger partial charge < -0.3 is 24.8 Å². The number of ether oxygens (including phenoxy) is 2. The van der Waals surface area contributed by atoms with Gasteiger partial charge in [-0.3, -0.25) is 0 Å². The van der Waals surface area contributed by atoms with E-state index in [1.807, 2.05) is 11.9 Å². The Hall–Kier alpha value is -2.20. The highest BCUT2D eigenvalue weighted by Gasteiger charge is 2.16. The Bertz CT molecular complexity index is 1060. The van der Waals surface area contributed by atoms with E-state index in [1.54, 1.807) is 24.3 Å². The van der Waals surface area contributed by atoms with Crippen LogP contribution in [-0.4, -0.2) is 59.4 Å². The largest absolute Gasteiger partial charge is 0.493 e. The summed E-state index contributed by atoms with van der Waals surface area (Å²) in [6.45, 7) is 4.72.